The summed E-state index contributed by atoms with van der Waals surface area (Å²) in [6.45, 7) is 6.28. The van der Waals surface area contributed by atoms with Crippen LogP contribution in [0.5, 0.6) is 0 Å². The lowest BCUT2D eigenvalue weighted by molar-refractivity contribution is -0.134. The summed E-state index contributed by atoms with van der Waals surface area (Å²) in [5.41, 5.74) is -0.955. The van der Waals surface area contributed by atoms with Crippen molar-refractivity contribution < 1.29 is 32.7 Å². The lowest BCUT2D eigenvalue weighted by Gasteiger charge is -2.35. The van der Waals surface area contributed by atoms with Gasteiger partial charge in [-0.2, -0.15) is 0 Å². The fourth-order valence-electron chi connectivity index (χ4n) is 3.62. The number of carbonyl (C=O) groups is 4. The van der Waals surface area contributed by atoms with Crippen LogP contribution in [-0.2, 0) is 25.5 Å². The average Bonchev–Trinajstić information content (AvgIpc) is 2.71. The van der Waals surface area contributed by atoms with Gasteiger partial charge in [0.1, 0.15) is 23.3 Å². The van der Waals surface area contributed by atoms with Crippen molar-refractivity contribution in [2.24, 2.45) is 0 Å². The van der Waals surface area contributed by atoms with Gasteiger partial charge in [0.15, 0.2) is 0 Å². The minimum absolute atomic E-state index is 0.0432. The first-order valence-corrected chi connectivity index (χ1v) is 10.8. The van der Waals surface area contributed by atoms with Gasteiger partial charge < -0.3 is 19.9 Å². The maximum absolute atomic E-state index is 14.6. The van der Waals surface area contributed by atoms with E-state index in [9.17, 15) is 28.0 Å². The Balaban J connectivity index is 1.57. The van der Waals surface area contributed by atoms with Gasteiger partial charge in [0.25, 0.3) is 0 Å². The molecule has 1 unspecified atom stereocenters. The summed E-state index contributed by atoms with van der Waals surface area (Å²) in [6, 6.07) is 1.27. The van der Waals surface area contributed by atoms with E-state index in [0.29, 0.717) is 0 Å². The van der Waals surface area contributed by atoms with Crippen molar-refractivity contribution in [2.75, 3.05) is 31.5 Å². The smallest absolute Gasteiger partial charge is 0.410 e. The van der Waals surface area contributed by atoms with Crippen LogP contribution in [0.25, 0.3) is 0 Å². The van der Waals surface area contributed by atoms with Gasteiger partial charge in [-0.15, -0.1) is 0 Å². The van der Waals surface area contributed by atoms with E-state index in [4.69, 9.17) is 4.74 Å². The molecule has 9 nitrogen and oxygen atoms in total. The molecular formula is C22H28F2N4O5. The molecule has 11 heteroatoms. The van der Waals surface area contributed by atoms with Crippen LogP contribution < -0.4 is 10.6 Å². The van der Waals surface area contributed by atoms with Crippen molar-refractivity contribution in [2.45, 2.75) is 51.7 Å². The second-order valence-corrected chi connectivity index (χ2v) is 9.09. The normalized spacial score (nSPS) is 19.2. The number of anilines is 1. The first-order chi connectivity index (χ1) is 15.4. The summed E-state index contributed by atoms with van der Waals surface area (Å²) < 4.78 is 34.5. The third-order valence-electron chi connectivity index (χ3n) is 5.33. The number of halogens is 2. The molecule has 2 saturated heterocycles. The highest BCUT2D eigenvalue weighted by Crippen LogP contribution is 2.22. The molecular weight excluding hydrogens is 438 g/mol. The van der Waals surface area contributed by atoms with Crippen molar-refractivity contribution in [3.8, 4) is 0 Å². The van der Waals surface area contributed by atoms with E-state index in [1.54, 1.807) is 20.8 Å². The minimum atomic E-state index is -0.912. The zero-order valence-corrected chi connectivity index (χ0v) is 18.9. The fraction of sp³-hybridized carbons (Fsp3) is 0.545. The van der Waals surface area contributed by atoms with Crippen molar-refractivity contribution in [3.05, 3.63) is 29.3 Å². The molecule has 0 saturated carbocycles. The first kappa shape index (κ1) is 24.4. The topological polar surface area (TPSA) is 108 Å². The van der Waals surface area contributed by atoms with E-state index in [1.807, 2.05) is 0 Å². The molecule has 4 amide bonds. The lowest BCUT2D eigenvalue weighted by Crippen LogP contribution is -2.52. The molecule has 2 fully saturated rings. The molecule has 2 heterocycles. The number of hydrogen-bond donors (Lipinski definition) is 2. The van der Waals surface area contributed by atoms with Crippen LogP contribution in [0.2, 0.25) is 0 Å². The summed E-state index contributed by atoms with van der Waals surface area (Å²) in [5.74, 6) is -3.23. The molecule has 0 bridgehead atoms. The molecule has 2 N–H and O–H groups in total. The number of piperidine rings is 1. The van der Waals surface area contributed by atoms with Crippen LogP contribution in [0.15, 0.2) is 12.1 Å². The van der Waals surface area contributed by atoms with Crippen LogP contribution in [0.3, 0.4) is 0 Å². The average molecular weight is 466 g/mol. The Hall–Kier alpha value is -3.24. The van der Waals surface area contributed by atoms with Gasteiger partial charge in [0, 0.05) is 43.9 Å². The quantitative estimate of drug-likeness (QED) is 0.656. The highest BCUT2D eigenvalue weighted by atomic mass is 19.1. The zero-order valence-electron chi connectivity index (χ0n) is 18.9. The monoisotopic (exact) mass is 466 g/mol. The summed E-state index contributed by atoms with van der Waals surface area (Å²) in [6.07, 6.45) is -0.597. The Morgan fingerprint density at radius 2 is 1.67 bits per heavy atom. The number of nitrogens with zero attached hydrogens (tertiary/aromatic N) is 2. The largest absolute Gasteiger partial charge is 0.444 e. The molecule has 0 aliphatic carbocycles. The van der Waals surface area contributed by atoms with Gasteiger partial charge >= 0.3 is 6.09 Å². The number of ether oxygens (including phenoxy) is 1. The van der Waals surface area contributed by atoms with Crippen LogP contribution in [0.4, 0.5) is 19.3 Å². The Labute approximate surface area is 190 Å². The fourth-order valence-corrected chi connectivity index (χ4v) is 3.62. The Bertz CT molecular complexity index is 932. The highest BCUT2D eigenvalue weighted by molar-refractivity contribution is 6.01. The first-order valence-electron chi connectivity index (χ1n) is 10.8. The molecule has 2 aliphatic rings. The van der Waals surface area contributed by atoms with Crippen LogP contribution >= 0.6 is 0 Å². The molecule has 3 rings (SSSR count). The van der Waals surface area contributed by atoms with E-state index >= 15 is 0 Å². The van der Waals surface area contributed by atoms with Gasteiger partial charge in [-0.05, 0) is 39.3 Å². The number of rotatable bonds is 4. The number of benzene rings is 1. The Morgan fingerprint density at radius 1 is 1.09 bits per heavy atom. The van der Waals surface area contributed by atoms with Crippen LogP contribution in [0, 0.1) is 11.6 Å². The highest BCUT2D eigenvalue weighted by Gasteiger charge is 2.29. The number of carbonyl (C=O) groups excluding carboxylic acids is 4. The van der Waals surface area contributed by atoms with E-state index in [2.05, 4.69) is 10.6 Å². The SMILES string of the molecule is CC(C)(C)OC(=O)N1CCN(C(=O)Cc2c(F)cc(NC3CCC(=O)NC3=O)cc2F)CC1. The number of nitrogens with one attached hydrogen (secondary N) is 2. The maximum Gasteiger partial charge on any atom is 0.410 e. The number of imide groups is 1. The maximum atomic E-state index is 14.6. The standard InChI is InChI=1S/C22H28F2N4O5/c1-22(2,3)33-21(32)28-8-6-27(7-9-28)19(30)12-14-15(23)10-13(11-16(14)24)25-17-4-5-18(29)26-20(17)31/h10-11,17,25H,4-9,12H2,1-3H3,(H,26,29,31). The molecule has 0 radical (unpaired) electrons. The van der Waals surface area contributed by atoms with Gasteiger partial charge in [-0.1, -0.05) is 0 Å². The van der Waals surface area contributed by atoms with Gasteiger partial charge in [0.05, 0.1) is 6.42 Å². The Morgan fingerprint density at radius 3 is 2.21 bits per heavy atom. The summed E-state index contributed by atoms with van der Waals surface area (Å²) >= 11 is 0. The molecule has 1 aromatic rings. The number of amides is 4. The van der Waals surface area contributed by atoms with Crippen molar-refractivity contribution in [1.82, 2.24) is 15.1 Å². The van der Waals surface area contributed by atoms with E-state index < -0.39 is 53.5 Å². The molecule has 0 spiro atoms. The summed E-state index contributed by atoms with van der Waals surface area (Å²) in [4.78, 5) is 50.7. The van der Waals surface area contributed by atoms with Gasteiger partial charge in [-0.25, -0.2) is 13.6 Å². The molecule has 1 aromatic carbocycles. The Kier molecular flexibility index (Phi) is 7.19. The minimum Gasteiger partial charge on any atom is -0.444 e. The second kappa shape index (κ2) is 9.72. The van der Waals surface area contributed by atoms with Crippen molar-refractivity contribution >= 4 is 29.5 Å². The number of hydrogen-bond acceptors (Lipinski definition) is 6. The molecule has 2 aliphatic heterocycles. The van der Waals surface area contributed by atoms with E-state index in [1.165, 1.54) is 9.80 Å². The molecule has 33 heavy (non-hydrogen) atoms. The predicted octanol–water partition coefficient (Wildman–Crippen LogP) is 1.80. The molecule has 1 atom stereocenters. The van der Waals surface area contributed by atoms with Crippen molar-refractivity contribution in [3.63, 3.8) is 0 Å². The second-order valence-electron chi connectivity index (χ2n) is 9.09. The zero-order chi connectivity index (χ0) is 24.3. The molecule has 180 valence electrons. The van der Waals surface area contributed by atoms with Gasteiger partial charge in [-0.3, -0.25) is 19.7 Å². The summed E-state index contributed by atoms with van der Waals surface area (Å²) in [5, 5.41) is 4.88. The predicted molar refractivity (Wildman–Crippen MR) is 114 cm³/mol. The van der Waals surface area contributed by atoms with Crippen LogP contribution in [-0.4, -0.2) is 71.4 Å². The lowest BCUT2D eigenvalue weighted by atomic mass is 10.0. The van der Waals surface area contributed by atoms with Gasteiger partial charge in [0.2, 0.25) is 17.7 Å². The van der Waals surface area contributed by atoms with E-state index in [-0.39, 0.29) is 50.3 Å². The third-order valence-corrected chi connectivity index (χ3v) is 5.33. The number of piperazine rings is 1. The summed E-state index contributed by atoms with van der Waals surface area (Å²) in [7, 11) is 0. The third kappa shape index (κ3) is 6.39. The van der Waals surface area contributed by atoms with E-state index in [0.717, 1.165) is 12.1 Å². The molecule has 0 aromatic heterocycles. The van der Waals surface area contributed by atoms with Crippen LogP contribution in [0.1, 0.15) is 39.2 Å². The van der Waals surface area contributed by atoms with Crippen molar-refractivity contribution in [1.29, 1.82) is 0 Å².